The second kappa shape index (κ2) is 26.1. The van der Waals surface area contributed by atoms with E-state index in [1.807, 2.05) is 53.9 Å². The molecule has 0 bridgehead atoms. The van der Waals surface area contributed by atoms with E-state index in [-0.39, 0.29) is 30.8 Å². The van der Waals surface area contributed by atoms with Crippen molar-refractivity contribution in [1.82, 2.24) is 25.8 Å². The molecule has 3 N–H and O–H groups in total. The maximum absolute atomic E-state index is 14.3. The molecule has 8 atom stereocenters. The minimum Gasteiger partial charge on any atom is -0.456 e. The monoisotopic (exact) mass is 925 g/mol. The summed E-state index contributed by atoms with van der Waals surface area (Å²) in [5, 5.41) is 17.6. The predicted octanol–water partition coefficient (Wildman–Crippen LogP) is 4.84. The van der Waals surface area contributed by atoms with E-state index in [0.29, 0.717) is 23.5 Å². The Kier molecular flexibility index (Phi) is 22.4. The largest absolute Gasteiger partial charge is 0.456 e. The van der Waals surface area contributed by atoms with Crippen LogP contribution in [0.1, 0.15) is 107 Å². The van der Waals surface area contributed by atoms with Crippen molar-refractivity contribution < 1.29 is 47.8 Å². The van der Waals surface area contributed by atoms with Crippen LogP contribution in [0.3, 0.4) is 0 Å². The van der Waals surface area contributed by atoms with Crippen molar-refractivity contribution in [2.45, 2.75) is 144 Å². The quantitative estimate of drug-likeness (QED) is 0.163. The van der Waals surface area contributed by atoms with Crippen LogP contribution in [0.15, 0.2) is 47.6 Å². The van der Waals surface area contributed by atoms with Gasteiger partial charge in [-0.25, -0.2) is 9.59 Å². The Morgan fingerprint density at radius 2 is 1.63 bits per heavy atom. The number of hydrogen-bond donors (Lipinski definition) is 3. The zero-order chi connectivity index (χ0) is 49.3. The van der Waals surface area contributed by atoms with Crippen LogP contribution in [0.4, 0.5) is 0 Å². The first-order valence-corrected chi connectivity index (χ1v) is 23.6. The predicted molar refractivity (Wildman–Crippen MR) is 250 cm³/mol. The lowest BCUT2D eigenvalue weighted by molar-refractivity contribution is -0.160. The molecule has 1 aliphatic rings. The zero-order valence-corrected chi connectivity index (χ0v) is 41.6. The fraction of sp³-hybridized carbons (Fsp3) is 0.625. The highest BCUT2D eigenvalue weighted by Gasteiger charge is 2.40. The van der Waals surface area contributed by atoms with Gasteiger partial charge >= 0.3 is 11.9 Å². The second-order valence-electron chi connectivity index (χ2n) is 17.9. The van der Waals surface area contributed by atoms with Gasteiger partial charge in [0, 0.05) is 32.0 Å². The van der Waals surface area contributed by atoms with E-state index in [4.69, 9.17) is 14.2 Å². The lowest BCUT2D eigenvalue weighted by atomic mass is 9.90. The average molecular weight is 925 g/mol. The van der Waals surface area contributed by atoms with Crippen molar-refractivity contribution in [2.24, 2.45) is 17.8 Å². The van der Waals surface area contributed by atoms with E-state index in [1.165, 1.54) is 51.5 Å². The summed E-state index contributed by atoms with van der Waals surface area (Å²) >= 11 is 1.45. The molecule has 0 radical (unpaired) electrons. The van der Waals surface area contributed by atoms with Crippen molar-refractivity contribution in [3.8, 4) is 6.07 Å². The first-order chi connectivity index (χ1) is 30.4. The molecule has 0 aromatic heterocycles. The van der Waals surface area contributed by atoms with E-state index < -0.39 is 102 Å². The summed E-state index contributed by atoms with van der Waals surface area (Å²) in [6.07, 6.45) is 3.53. The van der Waals surface area contributed by atoms with Gasteiger partial charge in [-0.3, -0.25) is 24.0 Å². The van der Waals surface area contributed by atoms with E-state index in [0.717, 1.165) is 10.5 Å². The highest BCUT2D eigenvalue weighted by atomic mass is 32.2. The molecule has 360 valence electrons. The number of carbonyl (C=O) groups excluding carboxylic acids is 7. The zero-order valence-electron chi connectivity index (χ0n) is 40.7. The summed E-state index contributed by atoms with van der Waals surface area (Å²) in [7, 11) is 2.81. The lowest BCUT2D eigenvalue weighted by Crippen LogP contribution is -2.60. The molecular formula is C48H72N6O10S. The number of benzene rings is 1. The average Bonchev–Trinajstić information content (AvgIpc) is 3.26. The number of carbonyl (C=O) groups is 7. The van der Waals surface area contributed by atoms with Gasteiger partial charge in [-0.05, 0) is 95.7 Å². The number of hydrogen-bond acceptors (Lipinski definition) is 12. The molecule has 0 aliphatic carbocycles. The van der Waals surface area contributed by atoms with Crippen molar-refractivity contribution in [3.05, 3.63) is 58.7 Å². The van der Waals surface area contributed by atoms with Crippen LogP contribution in [-0.2, 0) is 54.2 Å². The summed E-state index contributed by atoms with van der Waals surface area (Å²) in [6, 6.07) is 5.05. The smallest absolute Gasteiger partial charge is 0.334 e. The molecular weight excluding hydrogens is 853 g/mol. The number of ether oxygens (including phenoxy) is 3. The lowest BCUT2D eigenvalue weighted by Gasteiger charge is -2.35. The summed E-state index contributed by atoms with van der Waals surface area (Å²) in [5.41, 5.74) is 0.366. The van der Waals surface area contributed by atoms with Crippen LogP contribution >= 0.6 is 11.8 Å². The number of amides is 5. The fourth-order valence-electron chi connectivity index (χ4n) is 7.12. The second-order valence-corrected chi connectivity index (χ2v) is 18.7. The Hall–Kier alpha value is -5.21. The van der Waals surface area contributed by atoms with Gasteiger partial charge in [0.1, 0.15) is 29.8 Å². The molecule has 0 fully saturated rings. The molecule has 0 saturated heterocycles. The molecule has 1 aromatic carbocycles. The van der Waals surface area contributed by atoms with Gasteiger partial charge in [-0.2, -0.15) is 5.26 Å². The number of likely N-dealkylation sites (N-methyl/N-ethyl adjacent to an activating group) is 2. The molecule has 17 heteroatoms. The van der Waals surface area contributed by atoms with Crippen LogP contribution < -0.4 is 16.0 Å². The Morgan fingerprint density at radius 1 is 1.00 bits per heavy atom. The van der Waals surface area contributed by atoms with Crippen molar-refractivity contribution >= 4 is 53.2 Å². The van der Waals surface area contributed by atoms with E-state index in [2.05, 4.69) is 22.0 Å². The van der Waals surface area contributed by atoms with Crippen molar-refractivity contribution in [2.75, 3.05) is 32.8 Å². The van der Waals surface area contributed by atoms with Gasteiger partial charge < -0.3 is 40.0 Å². The van der Waals surface area contributed by atoms with Crippen LogP contribution in [0.2, 0.25) is 0 Å². The van der Waals surface area contributed by atoms with Gasteiger partial charge in [0.2, 0.25) is 23.6 Å². The van der Waals surface area contributed by atoms with Crippen LogP contribution in [0.25, 0.3) is 0 Å². The molecule has 5 amide bonds. The third kappa shape index (κ3) is 16.6. The minimum atomic E-state index is -1.57. The van der Waals surface area contributed by atoms with Crippen molar-refractivity contribution in [3.63, 3.8) is 0 Å². The Bertz CT molecular complexity index is 1940. The number of allylic oxidation sites excluding steroid dienone is 1. The molecule has 16 nitrogen and oxygen atoms in total. The molecule has 1 heterocycles. The standard InChI is InChI=1S/C48H72N6O10S/c1-15-29(5)40-43(57)52-48(10,11)47(61)64-41(30(6)16-2)32(8)37(62-27-65-14)22-17-31(7)46(60)63-38(23-28(3)4)42(56)50-33(9)44(58)54(13)36(45(59)53(12)26-39(55)51-40)24-34-18-20-35(25-49)21-19-34/h16-21,28-29,32-33,36-38,40-41H,15,22-24,26-27H2,1-14H3,(H,50,56)(H,51,55)(H,52,57)/b30-16+,31-17+/t29?,32-,33-,36+,37-,38+,40-,41+/m0/s1. The Morgan fingerprint density at radius 3 is 2.18 bits per heavy atom. The molecule has 1 unspecified atom stereocenters. The number of nitrogens with zero attached hydrogens (tertiary/aromatic N) is 3. The highest BCUT2D eigenvalue weighted by Crippen LogP contribution is 2.27. The van der Waals surface area contributed by atoms with Gasteiger partial charge in [0.25, 0.3) is 5.91 Å². The van der Waals surface area contributed by atoms with Crippen LogP contribution in [0.5, 0.6) is 0 Å². The first-order valence-electron chi connectivity index (χ1n) is 22.2. The number of thioether (sulfide) groups is 1. The number of cyclic esters (lactones) is 2. The summed E-state index contributed by atoms with van der Waals surface area (Å²) in [6.45, 7) is 18.4. The van der Waals surface area contributed by atoms with E-state index in [9.17, 15) is 38.8 Å². The summed E-state index contributed by atoms with van der Waals surface area (Å²) < 4.78 is 18.2. The number of nitrogens with one attached hydrogen (secondary N) is 3. The van der Waals surface area contributed by atoms with Gasteiger partial charge in [-0.1, -0.05) is 65.3 Å². The maximum Gasteiger partial charge on any atom is 0.334 e. The summed E-state index contributed by atoms with van der Waals surface area (Å²) in [5.74, 6) is -5.40. The Balaban J connectivity index is 2.74. The topological polar surface area (TPSA) is 214 Å². The SMILES string of the molecule is C/C=C(\C)[C@H]1OC(=O)C(C)(C)NC(=O)[C@H](C(C)CC)NC(=O)CN(C)C(=O)[C@@H](Cc2ccc(C#N)cc2)N(C)C(=O)[C@H](C)NC(=O)[C@@H](CC(C)C)OC(=O)/C(C)=C/C[C@H](OCSC)[C@@H]1C. The summed E-state index contributed by atoms with van der Waals surface area (Å²) in [4.78, 5) is 99.9. The van der Waals surface area contributed by atoms with E-state index >= 15 is 0 Å². The molecule has 1 aromatic rings. The third-order valence-electron chi connectivity index (χ3n) is 11.7. The van der Waals surface area contributed by atoms with Crippen molar-refractivity contribution in [1.29, 1.82) is 5.26 Å². The molecule has 2 rings (SSSR count). The molecule has 65 heavy (non-hydrogen) atoms. The minimum absolute atomic E-state index is 0.0158. The fourth-order valence-corrected chi connectivity index (χ4v) is 7.43. The maximum atomic E-state index is 14.3. The van der Waals surface area contributed by atoms with Crippen LogP contribution in [0, 0.1) is 29.1 Å². The highest BCUT2D eigenvalue weighted by molar-refractivity contribution is 7.98. The Labute approximate surface area is 390 Å². The third-order valence-corrected chi connectivity index (χ3v) is 12.0. The van der Waals surface area contributed by atoms with Gasteiger partial charge in [-0.15, -0.1) is 11.8 Å². The molecule has 1 aliphatic heterocycles. The number of rotatable bonds is 10. The van der Waals surface area contributed by atoms with E-state index in [1.54, 1.807) is 44.2 Å². The normalized spacial score (nSPS) is 26.8. The molecule has 0 saturated carbocycles. The number of esters is 2. The number of nitriles is 1. The van der Waals surface area contributed by atoms with Gasteiger partial charge in [0.05, 0.1) is 30.2 Å². The van der Waals surface area contributed by atoms with Crippen LogP contribution in [-0.4, -0.2) is 126 Å². The van der Waals surface area contributed by atoms with Gasteiger partial charge in [0.15, 0.2) is 6.10 Å². The first kappa shape index (κ1) is 55.9. The molecule has 0 spiro atoms.